The summed E-state index contributed by atoms with van der Waals surface area (Å²) in [6.45, 7) is 8.86. The van der Waals surface area contributed by atoms with E-state index in [1.165, 1.54) is 18.4 Å². The molecule has 0 aromatic heterocycles. The molecule has 1 saturated carbocycles. The minimum absolute atomic E-state index is 0.561. The Bertz CT molecular complexity index is 198. The fraction of sp³-hybridized carbons (Fsp3) is 0.636. The monoisotopic (exact) mass is 150 g/mol. The molecule has 1 aliphatic carbocycles. The smallest absolute Gasteiger partial charge is 0.0115 e. The number of hydrogen-bond donors (Lipinski definition) is 0. The third-order valence-electron chi connectivity index (χ3n) is 2.62. The van der Waals surface area contributed by atoms with Crippen molar-refractivity contribution in [1.29, 1.82) is 0 Å². The minimum Gasteiger partial charge on any atom is -0.0764 e. The van der Waals surface area contributed by atoms with Crippen LogP contribution in [0.15, 0.2) is 23.3 Å². The largest absolute Gasteiger partial charge is 0.0764 e. The molecule has 0 saturated heterocycles. The zero-order chi connectivity index (χ0) is 8.48. The van der Waals surface area contributed by atoms with Crippen molar-refractivity contribution in [2.75, 3.05) is 0 Å². The molecule has 11 heavy (non-hydrogen) atoms. The van der Waals surface area contributed by atoms with Gasteiger partial charge in [0.1, 0.15) is 0 Å². The van der Waals surface area contributed by atoms with Gasteiger partial charge < -0.3 is 0 Å². The molecule has 0 heterocycles. The Kier molecular flexibility index (Phi) is 2.22. The van der Waals surface area contributed by atoms with Crippen LogP contribution in [0.4, 0.5) is 0 Å². The molecule has 1 fully saturated rings. The molecule has 0 bridgehead atoms. The lowest BCUT2D eigenvalue weighted by Crippen LogP contribution is -1.93. The maximum Gasteiger partial charge on any atom is -0.0115 e. The summed E-state index contributed by atoms with van der Waals surface area (Å²) in [5.74, 6) is 0. The van der Waals surface area contributed by atoms with E-state index >= 15 is 0 Å². The molecule has 0 aromatic carbocycles. The Morgan fingerprint density at radius 3 is 2.00 bits per heavy atom. The zero-order valence-electron chi connectivity index (χ0n) is 8.07. The second-order valence-electron chi connectivity index (χ2n) is 4.15. The van der Waals surface area contributed by atoms with Crippen LogP contribution in [-0.2, 0) is 0 Å². The fourth-order valence-corrected chi connectivity index (χ4v) is 1.07. The molecule has 0 radical (unpaired) electrons. The molecule has 0 unspecified atom stereocenters. The maximum atomic E-state index is 2.34. The highest BCUT2D eigenvalue weighted by Crippen LogP contribution is 2.51. The van der Waals surface area contributed by atoms with Gasteiger partial charge in [-0.2, -0.15) is 0 Å². The van der Waals surface area contributed by atoms with E-state index in [1.807, 2.05) is 0 Å². The molecule has 0 aliphatic heterocycles. The van der Waals surface area contributed by atoms with Gasteiger partial charge in [-0.3, -0.25) is 0 Å². The molecule has 1 aliphatic rings. The van der Waals surface area contributed by atoms with Gasteiger partial charge in [0.2, 0.25) is 0 Å². The predicted octanol–water partition coefficient (Wildman–Crippen LogP) is 3.70. The Labute approximate surface area is 70.0 Å². The molecular formula is C11H18. The first-order chi connectivity index (χ1) is 5.04. The Morgan fingerprint density at radius 2 is 1.64 bits per heavy atom. The van der Waals surface area contributed by atoms with Gasteiger partial charge in [0.25, 0.3) is 0 Å². The van der Waals surface area contributed by atoms with Crippen molar-refractivity contribution in [3.8, 4) is 0 Å². The summed E-state index contributed by atoms with van der Waals surface area (Å²) in [7, 11) is 0. The molecule has 62 valence electrons. The zero-order valence-corrected chi connectivity index (χ0v) is 8.07. The molecular weight excluding hydrogens is 132 g/mol. The highest BCUT2D eigenvalue weighted by molar-refractivity contribution is 5.23. The summed E-state index contributed by atoms with van der Waals surface area (Å²) in [4.78, 5) is 0. The van der Waals surface area contributed by atoms with Gasteiger partial charge in [-0.1, -0.05) is 30.2 Å². The Balaban J connectivity index is 2.60. The van der Waals surface area contributed by atoms with Gasteiger partial charge in [-0.05, 0) is 39.0 Å². The van der Waals surface area contributed by atoms with Crippen molar-refractivity contribution in [3.63, 3.8) is 0 Å². The average molecular weight is 150 g/mol. The van der Waals surface area contributed by atoms with Crippen molar-refractivity contribution in [2.24, 2.45) is 5.41 Å². The molecule has 0 N–H and O–H groups in total. The van der Waals surface area contributed by atoms with Crippen LogP contribution >= 0.6 is 0 Å². The lowest BCUT2D eigenvalue weighted by molar-refractivity contribution is 0.689. The van der Waals surface area contributed by atoms with Crippen molar-refractivity contribution in [1.82, 2.24) is 0 Å². The first-order valence-corrected chi connectivity index (χ1v) is 4.37. The van der Waals surface area contributed by atoms with E-state index in [-0.39, 0.29) is 0 Å². The topological polar surface area (TPSA) is 0 Å². The summed E-state index contributed by atoms with van der Waals surface area (Å²) in [6.07, 6.45) is 7.24. The maximum absolute atomic E-state index is 2.34. The first-order valence-electron chi connectivity index (χ1n) is 4.37. The van der Waals surface area contributed by atoms with Crippen LogP contribution < -0.4 is 0 Å². The third-order valence-corrected chi connectivity index (χ3v) is 2.62. The lowest BCUT2D eigenvalue weighted by atomic mass is 9.99. The van der Waals surface area contributed by atoms with Gasteiger partial charge in [0.15, 0.2) is 0 Å². The summed E-state index contributed by atoms with van der Waals surface area (Å²) >= 11 is 0. The van der Waals surface area contributed by atoms with Gasteiger partial charge >= 0.3 is 0 Å². The summed E-state index contributed by atoms with van der Waals surface area (Å²) < 4.78 is 0. The van der Waals surface area contributed by atoms with Crippen LogP contribution in [0, 0.1) is 5.41 Å². The average Bonchev–Trinajstić information content (AvgIpc) is 2.64. The first kappa shape index (κ1) is 8.58. The van der Waals surface area contributed by atoms with Crippen LogP contribution in [0.2, 0.25) is 0 Å². The quantitative estimate of drug-likeness (QED) is 0.526. The van der Waals surface area contributed by atoms with Gasteiger partial charge in [-0.15, -0.1) is 0 Å². The second-order valence-corrected chi connectivity index (χ2v) is 4.15. The molecule has 0 atom stereocenters. The molecule has 0 amide bonds. The van der Waals surface area contributed by atoms with E-state index in [9.17, 15) is 0 Å². The van der Waals surface area contributed by atoms with E-state index < -0.39 is 0 Å². The van der Waals surface area contributed by atoms with E-state index in [0.717, 1.165) is 0 Å². The van der Waals surface area contributed by atoms with Crippen LogP contribution in [0.3, 0.4) is 0 Å². The van der Waals surface area contributed by atoms with E-state index in [1.54, 1.807) is 5.57 Å². The standard InChI is InChI=1S/C11H18/c1-9(2)5-6-10(3)11(4)7-8-11/h5-6H,7-8H2,1-4H3/b10-6+. The molecule has 0 spiro atoms. The van der Waals surface area contributed by atoms with Crippen molar-refractivity contribution in [2.45, 2.75) is 40.5 Å². The van der Waals surface area contributed by atoms with Crippen LogP contribution in [0.25, 0.3) is 0 Å². The molecule has 1 rings (SSSR count). The molecule has 0 heteroatoms. The fourth-order valence-electron chi connectivity index (χ4n) is 1.07. The van der Waals surface area contributed by atoms with Crippen LogP contribution in [0.1, 0.15) is 40.5 Å². The second kappa shape index (κ2) is 2.84. The van der Waals surface area contributed by atoms with Gasteiger partial charge in [0.05, 0.1) is 0 Å². The van der Waals surface area contributed by atoms with Gasteiger partial charge in [0, 0.05) is 0 Å². The number of hydrogen-bond acceptors (Lipinski definition) is 0. The van der Waals surface area contributed by atoms with E-state index in [0.29, 0.717) is 5.41 Å². The number of allylic oxidation sites excluding steroid dienone is 4. The SMILES string of the molecule is CC(C)=C/C=C(\C)C1(C)CC1. The van der Waals surface area contributed by atoms with Crippen LogP contribution in [-0.4, -0.2) is 0 Å². The highest BCUT2D eigenvalue weighted by Gasteiger charge is 2.38. The lowest BCUT2D eigenvalue weighted by Gasteiger charge is -2.06. The number of rotatable bonds is 2. The normalized spacial score (nSPS) is 21.3. The van der Waals surface area contributed by atoms with Crippen molar-refractivity contribution >= 4 is 0 Å². The van der Waals surface area contributed by atoms with E-state index in [2.05, 4.69) is 39.8 Å². The summed E-state index contributed by atoms with van der Waals surface area (Å²) in [6, 6.07) is 0. The molecule has 0 aromatic rings. The minimum atomic E-state index is 0.561. The van der Waals surface area contributed by atoms with Crippen molar-refractivity contribution in [3.05, 3.63) is 23.3 Å². The van der Waals surface area contributed by atoms with Gasteiger partial charge in [-0.25, -0.2) is 0 Å². The molecule has 0 nitrogen and oxygen atoms in total. The van der Waals surface area contributed by atoms with Crippen LogP contribution in [0.5, 0.6) is 0 Å². The van der Waals surface area contributed by atoms with E-state index in [4.69, 9.17) is 0 Å². The predicted molar refractivity (Wildman–Crippen MR) is 50.5 cm³/mol. The Hall–Kier alpha value is -0.520. The Morgan fingerprint density at radius 1 is 1.09 bits per heavy atom. The highest BCUT2D eigenvalue weighted by atomic mass is 14.4. The summed E-state index contributed by atoms with van der Waals surface area (Å²) in [5, 5.41) is 0. The van der Waals surface area contributed by atoms with Crippen molar-refractivity contribution < 1.29 is 0 Å². The third kappa shape index (κ3) is 2.21. The summed E-state index contributed by atoms with van der Waals surface area (Å²) in [5.41, 5.74) is 3.48.